The second-order valence-corrected chi connectivity index (χ2v) is 3.90. The Morgan fingerprint density at radius 3 is 2.64 bits per heavy atom. The molecule has 0 aromatic carbocycles. The van der Waals surface area contributed by atoms with Crippen LogP contribution in [-0.2, 0) is 9.53 Å². The molecule has 1 aliphatic carbocycles. The molecule has 0 heterocycles. The van der Waals surface area contributed by atoms with E-state index >= 15 is 0 Å². The fraction of sp³-hybridized carbons (Fsp3) is 0.727. The Kier molecular flexibility index (Phi) is 3.54. The zero-order valence-corrected chi connectivity index (χ0v) is 8.45. The molecule has 0 aromatic heterocycles. The topological polar surface area (TPSA) is 46.5 Å². The van der Waals surface area contributed by atoms with E-state index in [9.17, 15) is 9.90 Å². The van der Waals surface area contributed by atoms with Crippen LogP contribution in [0.15, 0.2) is 0 Å². The van der Waals surface area contributed by atoms with E-state index in [1.165, 1.54) is 7.11 Å². The Labute approximate surface area is 84.5 Å². The summed E-state index contributed by atoms with van der Waals surface area (Å²) in [5.41, 5.74) is -0.938. The van der Waals surface area contributed by atoms with Crippen LogP contribution >= 0.6 is 0 Å². The molecule has 1 aliphatic rings. The van der Waals surface area contributed by atoms with Gasteiger partial charge in [0, 0.05) is 6.42 Å². The fourth-order valence-corrected chi connectivity index (χ4v) is 1.82. The monoisotopic (exact) mass is 196 g/mol. The third-order valence-electron chi connectivity index (χ3n) is 2.88. The molecule has 3 heteroatoms. The van der Waals surface area contributed by atoms with E-state index in [2.05, 4.69) is 10.7 Å². The zero-order chi connectivity index (χ0) is 10.6. The van der Waals surface area contributed by atoms with E-state index in [0.29, 0.717) is 25.2 Å². The minimum atomic E-state index is -0.938. The largest absolute Gasteiger partial charge is 0.469 e. The van der Waals surface area contributed by atoms with Crippen molar-refractivity contribution >= 4 is 5.97 Å². The summed E-state index contributed by atoms with van der Waals surface area (Å²) in [6, 6.07) is 0. The molecule has 1 rings (SSSR count). The lowest BCUT2D eigenvalue weighted by molar-refractivity contribution is -0.142. The van der Waals surface area contributed by atoms with Crippen LogP contribution in [0.3, 0.4) is 0 Å². The number of esters is 1. The maximum absolute atomic E-state index is 11.0. The van der Waals surface area contributed by atoms with Crippen molar-refractivity contribution in [2.45, 2.75) is 37.7 Å². The first-order valence-corrected chi connectivity index (χ1v) is 4.86. The van der Waals surface area contributed by atoms with Gasteiger partial charge in [0.1, 0.15) is 5.60 Å². The highest BCUT2D eigenvalue weighted by molar-refractivity contribution is 5.69. The number of hydrogen-bond donors (Lipinski definition) is 1. The maximum atomic E-state index is 11.0. The van der Waals surface area contributed by atoms with Gasteiger partial charge in [0.05, 0.1) is 7.11 Å². The van der Waals surface area contributed by atoms with E-state index in [-0.39, 0.29) is 5.97 Å². The molecule has 0 amide bonds. The van der Waals surface area contributed by atoms with E-state index < -0.39 is 5.60 Å². The summed E-state index contributed by atoms with van der Waals surface area (Å²) in [6.45, 7) is 0. The molecule has 0 unspecified atom stereocenters. The second kappa shape index (κ2) is 4.47. The van der Waals surface area contributed by atoms with Crippen molar-refractivity contribution in [1.82, 2.24) is 0 Å². The zero-order valence-electron chi connectivity index (χ0n) is 8.45. The van der Waals surface area contributed by atoms with Gasteiger partial charge in [-0.05, 0) is 31.6 Å². The van der Waals surface area contributed by atoms with E-state index in [0.717, 1.165) is 12.8 Å². The highest BCUT2D eigenvalue weighted by atomic mass is 16.5. The third-order valence-corrected chi connectivity index (χ3v) is 2.88. The summed E-state index contributed by atoms with van der Waals surface area (Å²) in [5.74, 6) is 2.54. The molecule has 1 fully saturated rings. The minimum absolute atomic E-state index is 0.179. The van der Waals surface area contributed by atoms with Gasteiger partial charge in [-0.1, -0.05) is 5.92 Å². The average molecular weight is 196 g/mol. The molecule has 14 heavy (non-hydrogen) atoms. The van der Waals surface area contributed by atoms with Gasteiger partial charge < -0.3 is 9.84 Å². The molecular weight excluding hydrogens is 180 g/mol. The molecule has 0 radical (unpaired) electrons. The van der Waals surface area contributed by atoms with Gasteiger partial charge in [-0.2, -0.15) is 0 Å². The van der Waals surface area contributed by atoms with Crippen LogP contribution in [0.5, 0.6) is 0 Å². The van der Waals surface area contributed by atoms with Crippen LogP contribution in [0, 0.1) is 18.3 Å². The Morgan fingerprint density at radius 1 is 1.64 bits per heavy atom. The average Bonchev–Trinajstić information content (AvgIpc) is 2.21. The van der Waals surface area contributed by atoms with Crippen molar-refractivity contribution in [3.05, 3.63) is 0 Å². The van der Waals surface area contributed by atoms with Crippen LogP contribution in [0.2, 0.25) is 0 Å². The van der Waals surface area contributed by atoms with Crippen LogP contribution in [-0.4, -0.2) is 23.8 Å². The highest BCUT2D eigenvalue weighted by Crippen LogP contribution is 2.33. The van der Waals surface area contributed by atoms with Crippen molar-refractivity contribution in [2.75, 3.05) is 7.11 Å². The molecule has 0 aromatic rings. The lowest BCUT2D eigenvalue weighted by Gasteiger charge is -2.31. The van der Waals surface area contributed by atoms with E-state index in [4.69, 9.17) is 6.42 Å². The van der Waals surface area contributed by atoms with Crippen LogP contribution < -0.4 is 0 Å². The number of ether oxygens (including phenoxy) is 1. The lowest BCUT2D eigenvalue weighted by Crippen LogP contribution is -2.32. The van der Waals surface area contributed by atoms with Gasteiger partial charge in [0.25, 0.3) is 0 Å². The number of rotatable bonds is 2. The first-order chi connectivity index (χ1) is 6.59. The Bertz CT molecular complexity index is 244. The predicted octanol–water partition coefficient (Wildman–Crippen LogP) is 1.10. The molecule has 0 saturated heterocycles. The number of carbonyl (C=O) groups is 1. The van der Waals surface area contributed by atoms with Crippen molar-refractivity contribution in [3.8, 4) is 12.3 Å². The molecule has 78 valence electrons. The molecule has 1 saturated carbocycles. The summed E-state index contributed by atoms with van der Waals surface area (Å²) in [7, 11) is 1.39. The van der Waals surface area contributed by atoms with Crippen LogP contribution in [0.25, 0.3) is 0 Å². The molecule has 0 spiro atoms. The number of methoxy groups -OCH3 is 1. The number of terminal acetylenes is 1. The van der Waals surface area contributed by atoms with Crippen molar-refractivity contribution < 1.29 is 14.6 Å². The Morgan fingerprint density at radius 2 is 2.21 bits per heavy atom. The summed E-state index contributed by atoms with van der Waals surface area (Å²) in [4.78, 5) is 11.0. The molecule has 1 N–H and O–H groups in total. The van der Waals surface area contributed by atoms with Crippen molar-refractivity contribution in [2.24, 2.45) is 5.92 Å². The standard InChI is InChI=1S/C11H16O3/c1-3-11(13)6-4-9(5-7-11)8-10(12)14-2/h1,9,13H,4-8H2,2H3. The van der Waals surface area contributed by atoms with Crippen molar-refractivity contribution in [1.29, 1.82) is 0 Å². The molecule has 0 bridgehead atoms. The van der Waals surface area contributed by atoms with Gasteiger partial charge in [-0.15, -0.1) is 6.42 Å². The second-order valence-electron chi connectivity index (χ2n) is 3.90. The van der Waals surface area contributed by atoms with Gasteiger partial charge in [0.15, 0.2) is 0 Å². The third kappa shape index (κ3) is 2.74. The van der Waals surface area contributed by atoms with Crippen LogP contribution in [0.1, 0.15) is 32.1 Å². The molecular formula is C11H16O3. The first kappa shape index (κ1) is 11.1. The fourth-order valence-electron chi connectivity index (χ4n) is 1.82. The molecule has 0 atom stereocenters. The quantitative estimate of drug-likeness (QED) is 0.531. The maximum Gasteiger partial charge on any atom is 0.305 e. The van der Waals surface area contributed by atoms with Crippen LogP contribution in [0.4, 0.5) is 0 Å². The Hall–Kier alpha value is -1.01. The van der Waals surface area contributed by atoms with E-state index in [1.54, 1.807) is 0 Å². The summed E-state index contributed by atoms with van der Waals surface area (Å²) in [5, 5.41) is 9.74. The normalized spacial score (nSPS) is 31.9. The molecule has 0 aliphatic heterocycles. The number of hydrogen-bond acceptors (Lipinski definition) is 3. The Balaban J connectivity index is 2.37. The predicted molar refractivity (Wildman–Crippen MR) is 52.4 cm³/mol. The first-order valence-electron chi connectivity index (χ1n) is 4.86. The minimum Gasteiger partial charge on any atom is -0.469 e. The van der Waals surface area contributed by atoms with Gasteiger partial charge in [-0.25, -0.2) is 0 Å². The highest BCUT2D eigenvalue weighted by Gasteiger charge is 2.32. The van der Waals surface area contributed by atoms with Gasteiger partial charge in [-0.3, -0.25) is 4.79 Å². The van der Waals surface area contributed by atoms with Gasteiger partial charge >= 0.3 is 5.97 Å². The lowest BCUT2D eigenvalue weighted by atomic mass is 9.78. The smallest absolute Gasteiger partial charge is 0.305 e. The molecule has 3 nitrogen and oxygen atoms in total. The summed E-state index contributed by atoms with van der Waals surface area (Å²) < 4.78 is 4.59. The van der Waals surface area contributed by atoms with Crippen molar-refractivity contribution in [3.63, 3.8) is 0 Å². The summed E-state index contributed by atoms with van der Waals surface area (Å²) >= 11 is 0. The van der Waals surface area contributed by atoms with E-state index in [1.807, 2.05) is 0 Å². The van der Waals surface area contributed by atoms with Gasteiger partial charge in [0.2, 0.25) is 0 Å². The summed E-state index contributed by atoms with van der Waals surface area (Å²) in [6.07, 6.45) is 8.44. The SMILES string of the molecule is C#CC1(O)CCC(CC(=O)OC)CC1. The number of aliphatic hydroxyl groups is 1. The number of carbonyl (C=O) groups excluding carboxylic acids is 1.